The molecule has 0 bridgehead atoms. The summed E-state index contributed by atoms with van der Waals surface area (Å²) in [5.41, 5.74) is 7.52. The van der Waals surface area contributed by atoms with Crippen molar-refractivity contribution in [2.24, 2.45) is 0 Å². The number of carbonyl (C=O) groups is 2. The predicted octanol–water partition coefficient (Wildman–Crippen LogP) is 4.84. The third-order valence-corrected chi connectivity index (χ3v) is 6.07. The number of aryl methyl sites for hydroxylation is 1. The van der Waals surface area contributed by atoms with Crippen LogP contribution >= 0.6 is 0 Å². The van der Waals surface area contributed by atoms with E-state index in [1.807, 2.05) is 68.4 Å². The second-order valence-corrected chi connectivity index (χ2v) is 7.92. The molecule has 0 spiro atoms. The standard InChI is InChI=1S/C26H25NO4/c1-16-8-7-9-18(17(16)2)14-24(25(28)29)27-26(30)31-15-23-21-12-5-3-10-19(21)20-11-4-6-13-22(20)23/h3-13,23-24H,14-15H2,1-2H3,(H,27,30)(H,28,29). The van der Waals surface area contributed by atoms with Gasteiger partial charge >= 0.3 is 12.1 Å². The van der Waals surface area contributed by atoms with E-state index in [9.17, 15) is 14.7 Å². The summed E-state index contributed by atoms with van der Waals surface area (Å²) in [6.45, 7) is 4.08. The quantitative estimate of drug-likeness (QED) is 0.604. The van der Waals surface area contributed by atoms with E-state index in [4.69, 9.17) is 4.74 Å². The maximum Gasteiger partial charge on any atom is 0.407 e. The smallest absolute Gasteiger partial charge is 0.407 e. The van der Waals surface area contributed by atoms with Crippen LogP contribution in [0.2, 0.25) is 0 Å². The number of benzene rings is 3. The monoisotopic (exact) mass is 415 g/mol. The summed E-state index contributed by atoms with van der Waals surface area (Å²) < 4.78 is 5.50. The molecule has 1 atom stereocenters. The van der Waals surface area contributed by atoms with Crippen LogP contribution in [-0.2, 0) is 16.0 Å². The van der Waals surface area contributed by atoms with E-state index in [1.165, 1.54) is 0 Å². The molecule has 3 aromatic rings. The van der Waals surface area contributed by atoms with Crippen molar-refractivity contribution in [2.75, 3.05) is 6.61 Å². The third-order valence-electron chi connectivity index (χ3n) is 6.07. The fraction of sp³-hybridized carbons (Fsp3) is 0.231. The summed E-state index contributed by atoms with van der Waals surface area (Å²) in [7, 11) is 0. The number of hydrogen-bond donors (Lipinski definition) is 2. The molecule has 0 heterocycles. The van der Waals surface area contributed by atoms with E-state index in [1.54, 1.807) is 0 Å². The summed E-state index contributed by atoms with van der Waals surface area (Å²) in [4.78, 5) is 24.2. The van der Waals surface area contributed by atoms with Crippen molar-refractivity contribution in [3.63, 3.8) is 0 Å². The number of rotatable bonds is 6. The van der Waals surface area contributed by atoms with Crippen molar-refractivity contribution in [1.82, 2.24) is 5.32 Å². The highest BCUT2D eigenvalue weighted by molar-refractivity contribution is 5.81. The number of hydrogen-bond acceptors (Lipinski definition) is 3. The molecule has 0 saturated carbocycles. The second-order valence-electron chi connectivity index (χ2n) is 7.92. The Kier molecular flexibility index (Phi) is 5.76. The van der Waals surface area contributed by atoms with Crippen LogP contribution in [0.25, 0.3) is 11.1 Å². The lowest BCUT2D eigenvalue weighted by Crippen LogP contribution is -2.43. The first kappa shape index (κ1) is 20.7. The van der Waals surface area contributed by atoms with Crippen LogP contribution in [0.5, 0.6) is 0 Å². The van der Waals surface area contributed by atoms with Gasteiger partial charge in [-0.05, 0) is 52.8 Å². The van der Waals surface area contributed by atoms with Gasteiger partial charge in [-0.25, -0.2) is 9.59 Å². The predicted molar refractivity (Wildman–Crippen MR) is 119 cm³/mol. The first-order valence-corrected chi connectivity index (χ1v) is 10.3. The number of aliphatic carboxylic acids is 1. The van der Waals surface area contributed by atoms with Crippen LogP contribution in [0, 0.1) is 13.8 Å². The van der Waals surface area contributed by atoms with Gasteiger partial charge in [0.2, 0.25) is 0 Å². The number of carboxylic acid groups (broad SMARTS) is 1. The highest BCUT2D eigenvalue weighted by Gasteiger charge is 2.29. The number of ether oxygens (including phenoxy) is 1. The topological polar surface area (TPSA) is 75.6 Å². The molecule has 0 aliphatic heterocycles. The van der Waals surface area contributed by atoms with Gasteiger partial charge < -0.3 is 15.2 Å². The first-order valence-electron chi connectivity index (χ1n) is 10.3. The first-order chi connectivity index (χ1) is 15.0. The van der Waals surface area contributed by atoms with Crippen LogP contribution in [-0.4, -0.2) is 29.8 Å². The summed E-state index contributed by atoms with van der Waals surface area (Å²) in [6.07, 6.45) is -0.521. The number of nitrogens with one attached hydrogen (secondary N) is 1. The largest absolute Gasteiger partial charge is 0.480 e. The van der Waals surface area contributed by atoms with Crippen LogP contribution in [0.1, 0.15) is 33.7 Å². The molecular weight excluding hydrogens is 390 g/mol. The Hall–Kier alpha value is -3.60. The molecule has 0 saturated heterocycles. The van der Waals surface area contributed by atoms with E-state index in [-0.39, 0.29) is 18.9 Å². The van der Waals surface area contributed by atoms with Crippen molar-refractivity contribution in [3.8, 4) is 11.1 Å². The van der Waals surface area contributed by atoms with Gasteiger partial charge in [0.05, 0.1) is 0 Å². The molecule has 1 amide bonds. The zero-order chi connectivity index (χ0) is 22.0. The molecule has 0 aromatic heterocycles. The van der Waals surface area contributed by atoms with Crippen molar-refractivity contribution >= 4 is 12.1 Å². The Morgan fingerprint density at radius 1 is 0.935 bits per heavy atom. The summed E-state index contributed by atoms with van der Waals surface area (Å²) >= 11 is 0. The maximum atomic E-state index is 12.5. The molecule has 3 aromatic carbocycles. The number of fused-ring (bicyclic) bond motifs is 3. The van der Waals surface area contributed by atoms with Gasteiger partial charge in [0.1, 0.15) is 12.6 Å². The molecule has 2 N–H and O–H groups in total. The normalized spacial score (nSPS) is 13.2. The average Bonchev–Trinajstić information content (AvgIpc) is 3.08. The molecule has 0 fully saturated rings. The minimum atomic E-state index is -1.09. The van der Waals surface area contributed by atoms with Gasteiger partial charge in [-0.3, -0.25) is 0 Å². The molecule has 0 radical (unpaired) electrons. The van der Waals surface area contributed by atoms with Gasteiger partial charge in [-0.15, -0.1) is 0 Å². The van der Waals surface area contributed by atoms with Gasteiger partial charge in [0.25, 0.3) is 0 Å². The Balaban J connectivity index is 1.45. The van der Waals surface area contributed by atoms with Crippen molar-refractivity contribution in [3.05, 3.63) is 94.5 Å². The van der Waals surface area contributed by atoms with Crippen molar-refractivity contribution in [2.45, 2.75) is 32.2 Å². The van der Waals surface area contributed by atoms with Gasteiger partial charge in [-0.1, -0.05) is 66.7 Å². The van der Waals surface area contributed by atoms with Gasteiger partial charge in [0, 0.05) is 12.3 Å². The molecule has 5 heteroatoms. The molecule has 5 nitrogen and oxygen atoms in total. The number of alkyl carbamates (subject to hydrolysis) is 1. The average molecular weight is 415 g/mol. The number of carboxylic acids is 1. The lowest BCUT2D eigenvalue weighted by molar-refractivity contribution is -0.139. The minimum Gasteiger partial charge on any atom is -0.480 e. The molecule has 1 unspecified atom stereocenters. The maximum absolute atomic E-state index is 12.5. The Labute approximate surface area is 181 Å². The third kappa shape index (κ3) is 4.17. The fourth-order valence-corrected chi connectivity index (χ4v) is 4.24. The van der Waals surface area contributed by atoms with Gasteiger partial charge in [0.15, 0.2) is 0 Å². The highest BCUT2D eigenvalue weighted by atomic mass is 16.5. The van der Waals surface area contributed by atoms with E-state index >= 15 is 0 Å². The number of carbonyl (C=O) groups excluding carboxylic acids is 1. The number of amides is 1. The zero-order valence-electron chi connectivity index (χ0n) is 17.6. The molecule has 1 aliphatic carbocycles. The van der Waals surface area contributed by atoms with Crippen LogP contribution in [0.3, 0.4) is 0 Å². The minimum absolute atomic E-state index is 0.0690. The summed E-state index contributed by atoms with van der Waals surface area (Å²) in [5, 5.41) is 12.1. The van der Waals surface area contributed by atoms with E-state index in [0.717, 1.165) is 38.9 Å². The van der Waals surface area contributed by atoms with Crippen LogP contribution < -0.4 is 5.32 Å². The van der Waals surface area contributed by atoms with Gasteiger partial charge in [-0.2, -0.15) is 0 Å². The van der Waals surface area contributed by atoms with Crippen LogP contribution in [0.4, 0.5) is 4.79 Å². The van der Waals surface area contributed by atoms with Crippen molar-refractivity contribution < 1.29 is 19.4 Å². The molecule has 4 rings (SSSR count). The lowest BCUT2D eigenvalue weighted by Gasteiger charge is -2.18. The molecule has 158 valence electrons. The van der Waals surface area contributed by atoms with E-state index in [0.29, 0.717) is 0 Å². The molecule has 31 heavy (non-hydrogen) atoms. The summed E-state index contributed by atoms with van der Waals surface area (Å²) in [6, 6.07) is 20.9. The zero-order valence-corrected chi connectivity index (χ0v) is 17.6. The molecule has 1 aliphatic rings. The Bertz CT molecular complexity index is 1090. The van der Waals surface area contributed by atoms with E-state index < -0.39 is 18.1 Å². The lowest BCUT2D eigenvalue weighted by atomic mass is 9.97. The highest BCUT2D eigenvalue weighted by Crippen LogP contribution is 2.44. The Morgan fingerprint density at radius 2 is 1.55 bits per heavy atom. The van der Waals surface area contributed by atoms with Crippen LogP contribution in [0.15, 0.2) is 66.7 Å². The summed E-state index contributed by atoms with van der Waals surface area (Å²) in [5.74, 6) is -1.16. The fourth-order valence-electron chi connectivity index (χ4n) is 4.24. The molecular formula is C26H25NO4. The Morgan fingerprint density at radius 3 is 2.16 bits per heavy atom. The van der Waals surface area contributed by atoms with Crippen molar-refractivity contribution in [1.29, 1.82) is 0 Å². The van der Waals surface area contributed by atoms with E-state index in [2.05, 4.69) is 17.4 Å². The second kappa shape index (κ2) is 8.64. The SMILES string of the molecule is Cc1cccc(CC(NC(=O)OCC2c3ccccc3-c3ccccc32)C(=O)O)c1C.